The summed E-state index contributed by atoms with van der Waals surface area (Å²) >= 11 is 0. The van der Waals surface area contributed by atoms with Crippen LogP contribution in [0.5, 0.6) is 0 Å². The zero-order chi connectivity index (χ0) is 13.4. The third kappa shape index (κ3) is 7.33. The number of rotatable bonds is 5. The van der Waals surface area contributed by atoms with E-state index in [4.69, 9.17) is 5.26 Å². The molecule has 0 saturated heterocycles. The SMILES string of the molecule is CN=C(NC#N)NCCS(=O)Cc1nc[nH]c1C.Cl.Cl. The lowest BCUT2D eigenvalue weighted by Crippen LogP contribution is -2.36. The molecule has 114 valence electrons. The van der Waals surface area contributed by atoms with Crippen LogP contribution >= 0.6 is 24.8 Å². The van der Waals surface area contributed by atoms with Crippen LogP contribution in [-0.2, 0) is 16.6 Å². The molecule has 3 N–H and O–H groups in total. The van der Waals surface area contributed by atoms with Gasteiger partial charge in [-0.25, -0.2) is 4.98 Å². The zero-order valence-electron chi connectivity index (χ0n) is 11.2. The number of nitrogens with one attached hydrogen (secondary N) is 3. The maximum absolute atomic E-state index is 11.8. The van der Waals surface area contributed by atoms with E-state index < -0.39 is 10.8 Å². The molecule has 1 heterocycles. The van der Waals surface area contributed by atoms with E-state index in [9.17, 15) is 4.21 Å². The fourth-order valence-corrected chi connectivity index (χ4v) is 2.34. The van der Waals surface area contributed by atoms with Crippen molar-refractivity contribution in [2.45, 2.75) is 12.7 Å². The minimum absolute atomic E-state index is 0. The number of hydrogen-bond donors (Lipinski definition) is 3. The molecule has 1 aromatic heterocycles. The molecular formula is C10H18Cl2N6OS. The summed E-state index contributed by atoms with van der Waals surface area (Å²) in [5, 5.41) is 13.7. The van der Waals surface area contributed by atoms with Crippen LogP contribution < -0.4 is 10.6 Å². The van der Waals surface area contributed by atoms with Crippen LogP contribution in [-0.4, -0.2) is 39.5 Å². The molecule has 0 aromatic carbocycles. The summed E-state index contributed by atoms with van der Waals surface area (Å²) < 4.78 is 11.8. The van der Waals surface area contributed by atoms with E-state index in [-0.39, 0.29) is 24.8 Å². The normalized spacial score (nSPS) is 11.6. The summed E-state index contributed by atoms with van der Waals surface area (Å²) in [6, 6.07) is 0. The van der Waals surface area contributed by atoms with E-state index in [1.807, 2.05) is 6.92 Å². The molecule has 0 bridgehead atoms. The summed E-state index contributed by atoms with van der Waals surface area (Å²) in [4.78, 5) is 10.9. The number of hydrogen-bond acceptors (Lipinski definition) is 4. The molecule has 0 saturated carbocycles. The first kappa shape index (κ1) is 21.0. The van der Waals surface area contributed by atoms with Gasteiger partial charge in [0, 0.05) is 35.8 Å². The maximum atomic E-state index is 11.8. The molecule has 1 unspecified atom stereocenters. The van der Waals surface area contributed by atoms with Crippen molar-refractivity contribution in [3.63, 3.8) is 0 Å². The Balaban J connectivity index is 0. The molecule has 0 aliphatic carbocycles. The molecule has 7 nitrogen and oxygen atoms in total. The third-order valence-electron chi connectivity index (χ3n) is 2.25. The van der Waals surface area contributed by atoms with Crippen molar-refractivity contribution < 1.29 is 4.21 Å². The van der Waals surface area contributed by atoms with Gasteiger partial charge in [-0.2, -0.15) is 5.26 Å². The Morgan fingerprint density at radius 1 is 1.60 bits per heavy atom. The number of H-pyrrole nitrogens is 1. The van der Waals surface area contributed by atoms with Crippen molar-refractivity contribution in [1.29, 1.82) is 5.26 Å². The number of aromatic amines is 1. The van der Waals surface area contributed by atoms with Gasteiger partial charge in [0.2, 0.25) is 5.96 Å². The van der Waals surface area contributed by atoms with Gasteiger partial charge in [0.15, 0.2) is 6.19 Å². The van der Waals surface area contributed by atoms with Gasteiger partial charge in [-0.1, -0.05) is 0 Å². The largest absolute Gasteiger partial charge is 0.355 e. The zero-order valence-corrected chi connectivity index (χ0v) is 13.6. The molecule has 0 fully saturated rings. The second-order valence-corrected chi connectivity index (χ2v) is 5.07. The van der Waals surface area contributed by atoms with Gasteiger partial charge >= 0.3 is 0 Å². The van der Waals surface area contributed by atoms with E-state index >= 15 is 0 Å². The Kier molecular flexibility index (Phi) is 12.1. The highest BCUT2D eigenvalue weighted by atomic mass is 35.5. The standard InChI is InChI=1S/C10H16N6OS.2ClH/c1-8-9(16-7-15-8)5-18(17)4-3-13-10(12-2)14-6-11;;/h7H,3-5H2,1-2H3,(H,15,16)(H2,12,13,14);2*1H. The lowest BCUT2D eigenvalue weighted by atomic mass is 10.4. The number of aromatic nitrogens is 2. The van der Waals surface area contributed by atoms with E-state index in [1.54, 1.807) is 19.6 Å². The van der Waals surface area contributed by atoms with E-state index in [0.29, 0.717) is 24.0 Å². The summed E-state index contributed by atoms with van der Waals surface area (Å²) in [5.74, 6) is 1.28. The predicted molar refractivity (Wildman–Crippen MR) is 84.6 cm³/mol. The maximum Gasteiger partial charge on any atom is 0.204 e. The third-order valence-corrected chi connectivity index (χ3v) is 3.51. The number of halogens is 2. The van der Waals surface area contributed by atoms with Crippen molar-refractivity contribution in [1.82, 2.24) is 20.6 Å². The monoisotopic (exact) mass is 340 g/mol. The minimum atomic E-state index is -0.993. The number of guanidine groups is 1. The summed E-state index contributed by atoms with van der Waals surface area (Å²) in [7, 11) is 0.573. The van der Waals surface area contributed by atoms with Crippen molar-refractivity contribution >= 4 is 41.6 Å². The van der Waals surface area contributed by atoms with Crippen LogP contribution in [0, 0.1) is 18.4 Å². The average Bonchev–Trinajstić information content (AvgIpc) is 2.74. The molecule has 20 heavy (non-hydrogen) atoms. The molecule has 1 aromatic rings. The molecule has 10 heteroatoms. The second-order valence-electron chi connectivity index (χ2n) is 3.50. The topological polar surface area (TPSA) is 106 Å². The van der Waals surface area contributed by atoms with E-state index in [0.717, 1.165) is 11.4 Å². The first-order chi connectivity index (χ1) is 8.67. The van der Waals surface area contributed by atoms with Crippen molar-refractivity contribution in [3.8, 4) is 6.19 Å². The first-order valence-corrected chi connectivity index (χ1v) is 6.85. The highest BCUT2D eigenvalue weighted by Crippen LogP contribution is 2.03. The van der Waals surface area contributed by atoms with Crippen molar-refractivity contribution in [2.24, 2.45) is 4.99 Å². The first-order valence-electron chi connectivity index (χ1n) is 5.37. The van der Waals surface area contributed by atoms with Gasteiger partial charge in [0.25, 0.3) is 0 Å². The van der Waals surface area contributed by atoms with Crippen LogP contribution in [0.3, 0.4) is 0 Å². The molecular weight excluding hydrogens is 323 g/mol. The van der Waals surface area contributed by atoms with E-state index in [2.05, 4.69) is 25.6 Å². The Hall–Kier alpha value is -1.30. The molecule has 1 rings (SSSR count). The smallest absolute Gasteiger partial charge is 0.204 e. The van der Waals surface area contributed by atoms with Crippen LogP contribution in [0.25, 0.3) is 0 Å². The molecule has 0 spiro atoms. The lowest BCUT2D eigenvalue weighted by molar-refractivity contribution is 0.680. The van der Waals surface area contributed by atoms with Gasteiger partial charge in [0.05, 0.1) is 17.8 Å². The quantitative estimate of drug-likeness (QED) is 0.312. The number of imidazole rings is 1. The van der Waals surface area contributed by atoms with Gasteiger partial charge in [-0.05, 0) is 6.92 Å². The van der Waals surface area contributed by atoms with Gasteiger partial charge in [-0.15, -0.1) is 24.8 Å². The van der Waals surface area contributed by atoms with Crippen LogP contribution in [0.4, 0.5) is 0 Å². The molecule has 0 aliphatic rings. The van der Waals surface area contributed by atoms with Gasteiger partial charge < -0.3 is 10.3 Å². The highest BCUT2D eigenvalue weighted by Gasteiger charge is 2.07. The Bertz CT molecular complexity index is 484. The van der Waals surface area contributed by atoms with Crippen LogP contribution in [0.2, 0.25) is 0 Å². The summed E-state index contributed by atoms with van der Waals surface area (Å²) in [6.07, 6.45) is 3.36. The summed E-state index contributed by atoms with van der Waals surface area (Å²) in [6.45, 7) is 2.38. The molecule has 0 radical (unpaired) electrons. The Labute approximate surface area is 132 Å². The number of nitrogens with zero attached hydrogens (tertiary/aromatic N) is 3. The highest BCUT2D eigenvalue weighted by molar-refractivity contribution is 7.84. The van der Waals surface area contributed by atoms with Gasteiger partial charge in [0.1, 0.15) is 0 Å². The van der Waals surface area contributed by atoms with Crippen molar-refractivity contribution in [3.05, 3.63) is 17.7 Å². The number of aliphatic imine (C=N–C) groups is 1. The van der Waals surface area contributed by atoms with Crippen LogP contribution in [0.15, 0.2) is 11.3 Å². The average molecular weight is 341 g/mol. The van der Waals surface area contributed by atoms with Gasteiger partial charge in [-0.3, -0.25) is 14.5 Å². The molecule has 0 amide bonds. The predicted octanol–water partition coefficient (Wildman–Crippen LogP) is 0.457. The Morgan fingerprint density at radius 3 is 2.80 bits per heavy atom. The number of nitriles is 1. The summed E-state index contributed by atoms with van der Waals surface area (Å²) in [5.41, 5.74) is 1.77. The fraction of sp³-hybridized carbons (Fsp3) is 0.500. The fourth-order valence-electron chi connectivity index (χ4n) is 1.27. The van der Waals surface area contributed by atoms with E-state index in [1.165, 1.54) is 0 Å². The molecule has 1 atom stereocenters. The molecule has 0 aliphatic heterocycles. The van der Waals surface area contributed by atoms with Crippen molar-refractivity contribution in [2.75, 3.05) is 19.3 Å². The second kappa shape index (κ2) is 11.5. The minimum Gasteiger partial charge on any atom is -0.355 e. The lowest BCUT2D eigenvalue weighted by Gasteiger charge is -2.06. The Morgan fingerprint density at radius 2 is 2.30 bits per heavy atom. The van der Waals surface area contributed by atoms with Crippen LogP contribution in [0.1, 0.15) is 11.4 Å². The number of aryl methyl sites for hydroxylation is 1.